The van der Waals surface area contributed by atoms with Crippen molar-refractivity contribution in [2.24, 2.45) is 7.05 Å². The van der Waals surface area contributed by atoms with Gasteiger partial charge in [0.1, 0.15) is 0 Å². The van der Waals surface area contributed by atoms with Crippen molar-refractivity contribution in [3.05, 3.63) is 42.5 Å². The average molecular weight is 245 g/mol. The van der Waals surface area contributed by atoms with E-state index in [1.54, 1.807) is 0 Å². The summed E-state index contributed by atoms with van der Waals surface area (Å²) in [6, 6.07) is 0. The van der Waals surface area contributed by atoms with Crippen molar-refractivity contribution in [3.63, 3.8) is 0 Å². The zero-order chi connectivity index (χ0) is 13.0. The third kappa shape index (κ3) is 3.00. The van der Waals surface area contributed by atoms with Crippen LogP contribution >= 0.6 is 0 Å². The molecule has 0 aliphatic rings. The van der Waals surface area contributed by atoms with Crippen LogP contribution in [0.2, 0.25) is 0 Å². The van der Waals surface area contributed by atoms with Crippen LogP contribution in [0.25, 0.3) is 0 Å². The molecule has 0 saturated carbocycles. The molecule has 0 radical (unpaired) electrons. The highest BCUT2D eigenvalue weighted by Crippen LogP contribution is 2.10. The van der Waals surface area contributed by atoms with Gasteiger partial charge in [0, 0.05) is 32.5 Å². The van der Waals surface area contributed by atoms with Gasteiger partial charge in [-0.2, -0.15) is 5.10 Å². The van der Waals surface area contributed by atoms with Gasteiger partial charge < -0.3 is 9.88 Å². The molecule has 2 aromatic heterocycles. The fraction of sp³-hybridized carbons (Fsp3) is 0.385. The Morgan fingerprint density at radius 2 is 2.28 bits per heavy atom. The molecule has 0 aliphatic carbocycles. The Bertz CT molecular complexity index is 523. The summed E-state index contributed by atoms with van der Waals surface area (Å²) in [7, 11) is 1.93. The Morgan fingerprint density at radius 1 is 1.44 bits per heavy atom. The number of hydrogen-bond acceptors (Lipinski definition) is 3. The predicted octanol–water partition coefficient (Wildman–Crippen LogP) is 1.77. The molecule has 0 saturated heterocycles. The SMILES string of the molecule is C=CCNc1nc(C)cn1CCc1cnn(C)c1. The van der Waals surface area contributed by atoms with E-state index in [1.807, 2.05) is 37.1 Å². The first-order chi connectivity index (χ1) is 8.69. The Morgan fingerprint density at radius 3 is 2.94 bits per heavy atom. The Labute approximate surface area is 107 Å². The smallest absolute Gasteiger partial charge is 0.203 e. The molecule has 0 atom stereocenters. The second-order valence-corrected chi connectivity index (χ2v) is 4.34. The molecule has 2 heterocycles. The van der Waals surface area contributed by atoms with E-state index in [0.717, 1.165) is 31.2 Å². The second-order valence-electron chi connectivity index (χ2n) is 4.34. The summed E-state index contributed by atoms with van der Waals surface area (Å²) in [5.74, 6) is 0.899. The van der Waals surface area contributed by atoms with E-state index in [-0.39, 0.29) is 0 Å². The highest BCUT2D eigenvalue weighted by Gasteiger charge is 2.05. The summed E-state index contributed by atoms with van der Waals surface area (Å²) >= 11 is 0. The second kappa shape index (κ2) is 5.53. The highest BCUT2D eigenvalue weighted by molar-refractivity contribution is 5.29. The van der Waals surface area contributed by atoms with Crippen molar-refractivity contribution in [1.29, 1.82) is 0 Å². The molecule has 0 amide bonds. The van der Waals surface area contributed by atoms with Gasteiger partial charge in [-0.3, -0.25) is 4.68 Å². The Balaban J connectivity index is 2.01. The molecular formula is C13H19N5. The van der Waals surface area contributed by atoms with Crippen LogP contribution in [0.1, 0.15) is 11.3 Å². The fourth-order valence-corrected chi connectivity index (χ4v) is 1.87. The van der Waals surface area contributed by atoms with Crippen molar-refractivity contribution in [3.8, 4) is 0 Å². The molecule has 5 heteroatoms. The average Bonchev–Trinajstić information content (AvgIpc) is 2.90. The third-order valence-electron chi connectivity index (χ3n) is 2.70. The number of aryl methyl sites for hydroxylation is 4. The van der Waals surface area contributed by atoms with Crippen LogP contribution in [0, 0.1) is 6.92 Å². The Hall–Kier alpha value is -2.04. The van der Waals surface area contributed by atoms with E-state index >= 15 is 0 Å². The van der Waals surface area contributed by atoms with Crippen LogP contribution in [0.4, 0.5) is 5.95 Å². The molecule has 1 N–H and O–H groups in total. The number of anilines is 1. The number of nitrogens with one attached hydrogen (secondary N) is 1. The molecule has 0 unspecified atom stereocenters. The molecule has 0 fully saturated rings. The lowest BCUT2D eigenvalue weighted by Crippen LogP contribution is -2.08. The van der Waals surface area contributed by atoms with Gasteiger partial charge in [-0.25, -0.2) is 4.98 Å². The lowest BCUT2D eigenvalue weighted by atomic mass is 10.2. The highest BCUT2D eigenvalue weighted by atomic mass is 15.2. The van der Waals surface area contributed by atoms with Crippen molar-refractivity contribution in [1.82, 2.24) is 19.3 Å². The van der Waals surface area contributed by atoms with Crippen LogP contribution in [0.3, 0.4) is 0 Å². The fourth-order valence-electron chi connectivity index (χ4n) is 1.87. The van der Waals surface area contributed by atoms with Crippen LogP contribution < -0.4 is 5.32 Å². The third-order valence-corrected chi connectivity index (χ3v) is 2.70. The molecule has 2 rings (SSSR count). The first-order valence-corrected chi connectivity index (χ1v) is 6.05. The van der Waals surface area contributed by atoms with Gasteiger partial charge in [0.2, 0.25) is 5.95 Å². The largest absolute Gasteiger partial charge is 0.352 e. The Kier molecular flexibility index (Phi) is 3.82. The van der Waals surface area contributed by atoms with Gasteiger partial charge in [-0.1, -0.05) is 6.08 Å². The lowest BCUT2D eigenvalue weighted by Gasteiger charge is -2.07. The molecule has 0 spiro atoms. The quantitative estimate of drug-likeness (QED) is 0.789. The van der Waals surface area contributed by atoms with E-state index in [9.17, 15) is 0 Å². The predicted molar refractivity (Wildman–Crippen MR) is 72.6 cm³/mol. The maximum absolute atomic E-state index is 4.45. The van der Waals surface area contributed by atoms with Crippen molar-refractivity contribution in [2.75, 3.05) is 11.9 Å². The van der Waals surface area contributed by atoms with Gasteiger partial charge in [0.25, 0.3) is 0 Å². The molecule has 2 aromatic rings. The summed E-state index contributed by atoms with van der Waals surface area (Å²) in [4.78, 5) is 4.45. The molecule has 0 aromatic carbocycles. The van der Waals surface area contributed by atoms with Gasteiger partial charge in [0.05, 0.1) is 11.9 Å². The van der Waals surface area contributed by atoms with Gasteiger partial charge in [-0.05, 0) is 18.9 Å². The summed E-state index contributed by atoms with van der Waals surface area (Å²) in [6.45, 7) is 7.32. The van der Waals surface area contributed by atoms with Crippen molar-refractivity contribution < 1.29 is 0 Å². The molecular weight excluding hydrogens is 226 g/mol. The maximum Gasteiger partial charge on any atom is 0.203 e. The minimum absolute atomic E-state index is 0.726. The molecule has 96 valence electrons. The number of nitrogens with zero attached hydrogens (tertiary/aromatic N) is 4. The van der Waals surface area contributed by atoms with Crippen LogP contribution in [0.15, 0.2) is 31.2 Å². The summed E-state index contributed by atoms with van der Waals surface area (Å²) < 4.78 is 3.96. The minimum atomic E-state index is 0.726. The minimum Gasteiger partial charge on any atom is -0.352 e. The first-order valence-electron chi connectivity index (χ1n) is 6.05. The van der Waals surface area contributed by atoms with Crippen molar-refractivity contribution in [2.45, 2.75) is 19.9 Å². The summed E-state index contributed by atoms with van der Waals surface area (Å²) in [6.07, 6.45) is 8.78. The number of hydrogen-bond donors (Lipinski definition) is 1. The van der Waals surface area contributed by atoms with Gasteiger partial charge >= 0.3 is 0 Å². The van der Waals surface area contributed by atoms with Crippen molar-refractivity contribution >= 4 is 5.95 Å². The van der Waals surface area contributed by atoms with Gasteiger partial charge in [0.15, 0.2) is 0 Å². The number of rotatable bonds is 6. The molecule has 18 heavy (non-hydrogen) atoms. The normalized spacial score (nSPS) is 10.6. The number of aromatic nitrogens is 4. The van der Waals surface area contributed by atoms with E-state index < -0.39 is 0 Å². The van der Waals surface area contributed by atoms with Crippen LogP contribution in [0.5, 0.6) is 0 Å². The lowest BCUT2D eigenvalue weighted by molar-refractivity contribution is 0.699. The topological polar surface area (TPSA) is 47.7 Å². The van der Waals surface area contributed by atoms with E-state index in [4.69, 9.17) is 0 Å². The molecule has 0 aliphatic heterocycles. The van der Waals surface area contributed by atoms with Crippen LogP contribution in [-0.2, 0) is 20.0 Å². The van der Waals surface area contributed by atoms with E-state index in [1.165, 1.54) is 5.56 Å². The zero-order valence-electron chi connectivity index (χ0n) is 10.9. The van der Waals surface area contributed by atoms with E-state index in [0.29, 0.717) is 0 Å². The van der Waals surface area contributed by atoms with E-state index in [2.05, 4.69) is 32.7 Å². The zero-order valence-corrected chi connectivity index (χ0v) is 10.9. The summed E-state index contributed by atoms with van der Waals surface area (Å²) in [5, 5.41) is 7.41. The van der Waals surface area contributed by atoms with Crippen LogP contribution in [-0.4, -0.2) is 25.9 Å². The first kappa shape index (κ1) is 12.4. The maximum atomic E-state index is 4.45. The molecule has 5 nitrogen and oxygen atoms in total. The molecule has 0 bridgehead atoms. The summed E-state index contributed by atoms with van der Waals surface area (Å²) in [5.41, 5.74) is 2.26. The van der Waals surface area contributed by atoms with Gasteiger partial charge in [-0.15, -0.1) is 6.58 Å². The monoisotopic (exact) mass is 245 g/mol. The standard InChI is InChI=1S/C13H19N5/c1-4-6-14-13-16-11(2)9-18(13)7-5-12-8-15-17(3)10-12/h4,8-10H,1,5-7H2,2-3H3,(H,14,16). The number of imidazole rings is 1.